The van der Waals surface area contributed by atoms with Crippen LogP contribution in [0.1, 0.15) is 30.4 Å². The zero-order valence-electron chi connectivity index (χ0n) is 11.3. The molecule has 1 fully saturated rings. The van der Waals surface area contributed by atoms with Gasteiger partial charge in [0.2, 0.25) is 0 Å². The van der Waals surface area contributed by atoms with E-state index in [4.69, 9.17) is 0 Å². The Bertz CT molecular complexity index is 470. The second kappa shape index (κ2) is 5.76. The van der Waals surface area contributed by atoms with Crippen molar-refractivity contribution in [2.75, 3.05) is 19.7 Å². The number of benzene rings is 1. The molecule has 1 aromatic carbocycles. The molecule has 1 aromatic rings. The summed E-state index contributed by atoms with van der Waals surface area (Å²) in [5.74, 6) is 0. The number of fused-ring (bicyclic) bond motifs is 1. The van der Waals surface area contributed by atoms with Crippen molar-refractivity contribution >= 4 is 6.08 Å². The lowest BCUT2D eigenvalue weighted by molar-refractivity contribution is 0.159. The highest BCUT2D eigenvalue weighted by molar-refractivity contribution is 5.58. The van der Waals surface area contributed by atoms with Crippen molar-refractivity contribution in [2.24, 2.45) is 0 Å². The van der Waals surface area contributed by atoms with E-state index in [2.05, 4.69) is 40.6 Å². The van der Waals surface area contributed by atoms with Crippen molar-refractivity contribution in [1.29, 1.82) is 0 Å². The van der Waals surface area contributed by atoms with Gasteiger partial charge in [-0.2, -0.15) is 0 Å². The van der Waals surface area contributed by atoms with Gasteiger partial charge in [-0.1, -0.05) is 24.3 Å². The molecule has 1 atom stereocenters. The summed E-state index contributed by atoms with van der Waals surface area (Å²) in [4.78, 5) is 2.42. The third kappa shape index (κ3) is 2.82. The molecular weight excluding hydrogens is 236 g/mol. The van der Waals surface area contributed by atoms with Crippen LogP contribution in [0.2, 0.25) is 0 Å². The maximum absolute atomic E-state index is 9.33. The number of hydrogen-bond donors (Lipinski definition) is 2. The molecule has 2 aliphatic heterocycles. The van der Waals surface area contributed by atoms with Crippen molar-refractivity contribution in [3.05, 3.63) is 41.1 Å². The fourth-order valence-electron chi connectivity index (χ4n) is 3.10. The fourth-order valence-corrected chi connectivity index (χ4v) is 3.10. The SMILES string of the molecule is OC[C@H]1CCCN1CCC1=Cc2ccccc2CN1. The summed E-state index contributed by atoms with van der Waals surface area (Å²) in [6.45, 7) is 3.42. The Morgan fingerprint density at radius 1 is 1.32 bits per heavy atom. The van der Waals surface area contributed by atoms with Crippen LogP contribution in [0.25, 0.3) is 6.08 Å². The number of aliphatic hydroxyl groups excluding tert-OH is 1. The number of likely N-dealkylation sites (tertiary alicyclic amines) is 1. The van der Waals surface area contributed by atoms with Crippen molar-refractivity contribution in [3.63, 3.8) is 0 Å². The average molecular weight is 258 g/mol. The fraction of sp³-hybridized carbons (Fsp3) is 0.500. The van der Waals surface area contributed by atoms with E-state index in [1.165, 1.54) is 23.2 Å². The quantitative estimate of drug-likeness (QED) is 0.867. The molecule has 102 valence electrons. The topological polar surface area (TPSA) is 35.5 Å². The first-order valence-corrected chi connectivity index (χ1v) is 7.24. The highest BCUT2D eigenvalue weighted by Gasteiger charge is 2.23. The predicted molar refractivity (Wildman–Crippen MR) is 77.6 cm³/mol. The predicted octanol–water partition coefficient (Wildman–Crippen LogP) is 1.98. The Balaban J connectivity index is 1.61. The Morgan fingerprint density at radius 3 is 3.11 bits per heavy atom. The largest absolute Gasteiger partial charge is 0.395 e. The van der Waals surface area contributed by atoms with E-state index in [0.717, 1.165) is 32.5 Å². The summed E-state index contributed by atoms with van der Waals surface area (Å²) < 4.78 is 0. The first-order chi connectivity index (χ1) is 9.36. The summed E-state index contributed by atoms with van der Waals surface area (Å²) in [6.07, 6.45) is 5.68. The third-order valence-corrected chi connectivity index (χ3v) is 4.27. The zero-order valence-corrected chi connectivity index (χ0v) is 11.3. The highest BCUT2D eigenvalue weighted by Crippen LogP contribution is 2.21. The lowest BCUT2D eigenvalue weighted by Gasteiger charge is -2.25. The lowest BCUT2D eigenvalue weighted by atomic mass is 10.0. The summed E-state index contributed by atoms with van der Waals surface area (Å²) in [5, 5.41) is 12.8. The van der Waals surface area contributed by atoms with E-state index in [-0.39, 0.29) is 0 Å². The zero-order chi connectivity index (χ0) is 13.1. The normalized spacial score (nSPS) is 22.8. The molecular formula is C16H22N2O. The summed E-state index contributed by atoms with van der Waals surface area (Å²) >= 11 is 0. The van der Waals surface area contributed by atoms with Crippen LogP contribution in [-0.4, -0.2) is 35.7 Å². The van der Waals surface area contributed by atoms with Crippen molar-refractivity contribution < 1.29 is 5.11 Å². The van der Waals surface area contributed by atoms with E-state index in [1.54, 1.807) is 0 Å². The Labute approximate surface area is 114 Å². The van der Waals surface area contributed by atoms with Gasteiger partial charge in [0, 0.05) is 24.8 Å². The van der Waals surface area contributed by atoms with Crippen LogP contribution >= 0.6 is 0 Å². The maximum atomic E-state index is 9.33. The van der Waals surface area contributed by atoms with Gasteiger partial charge in [-0.05, 0) is 43.0 Å². The van der Waals surface area contributed by atoms with Gasteiger partial charge in [0.1, 0.15) is 0 Å². The second-order valence-corrected chi connectivity index (χ2v) is 5.49. The number of nitrogens with zero attached hydrogens (tertiary/aromatic N) is 1. The summed E-state index contributed by atoms with van der Waals surface area (Å²) in [5.41, 5.74) is 4.04. The molecule has 0 unspecified atom stereocenters. The van der Waals surface area contributed by atoms with Gasteiger partial charge in [-0.3, -0.25) is 4.90 Å². The first kappa shape index (κ1) is 12.7. The molecule has 3 heteroatoms. The molecule has 2 aliphatic rings. The summed E-state index contributed by atoms with van der Waals surface area (Å²) in [7, 11) is 0. The molecule has 0 aromatic heterocycles. The van der Waals surface area contributed by atoms with Crippen LogP contribution in [0.4, 0.5) is 0 Å². The molecule has 0 amide bonds. The standard InChI is InChI=1S/C16H22N2O/c19-12-16-6-3-8-18(16)9-7-15-10-13-4-1-2-5-14(13)11-17-15/h1-2,4-5,10,16-17,19H,3,6-9,11-12H2/t16-/m1/s1. The molecule has 0 aliphatic carbocycles. The van der Waals surface area contributed by atoms with Crippen molar-refractivity contribution in [1.82, 2.24) is 10.2 Å². The van der Waals surface area contributed by atoms with E-state index in [9.17, 15) is 5.11 Å². The van der Waals surface area contributed by atoms with Crippen LogP contribution in [-0.2, 0) is 6.54 Å². The molecule has 0 spiro atoms. The van der Waals surface area contributed by atoms with E-state index in [0.29, 0.717) is 12.6 Å². The van der Waals surface area contributed by atoms with Crippen LogP contribution in [0.5, 0.6) is 0 Å². The second-order valence-electron chi connectivity index (χ2n) is 5.49. The molecule has 3 rings (SSSR count). The van der Waals surface area contributed by atoms with Crippen LogP contribution < -0.4 is 5.32 Å². The third-order valence-electron chi connectivity index (χ3n) is 4.27. The number of hydrogen-bond acceptors (Lipinski definition) is 3. The summed E-state index contributed by atoms with van der Waals surface area (Å²) in [6, 6.07) is 8.94. The van der Waals surface area contributed by atoms with Gasteiger partial charge >= 0.3 is 0 Å². The first-order valence-electron chi connectivity index (χ1n) is 7.24. The minimum atomic E-state index is 0.301. The highest BCUT2D eigenvalue weighted by atomic mass is 16.3. The number of aliphatic hydroxyl groups is 1. The maximum Gasteiger partial charge on any atom is 0.0586 e. The van der Waals surface area contributed by atoms with Gasteiger partial charge in [0.15, 0.2) is 0 Å². The minimum absolute atomic E-state index is 0.301. The van der Waals surface area contributed by atoms with E-state index < -0.39 is 0 Å². The lowest BCUT2D eigenvalue weighted by Crippen LogP contribution is -2.34. The molecule has 0 saturated carbocycles. The van der Waals surface area contributed by atoms with Crippen LogP contribution in [0.15, 0.2) is 30.0 Å². The van der Waals surface area contributed by atoms with Crippen LogP contribution in [0, 0.1) is 0 Å². The molecule has 2 heterocycles. The van der Waals surface area contributed by atoms with Gasteiger partial charge in [-0.25, -0.2) is 0 Å². The van der Waals surface area contributed by atoms with Crippen molar-refractivity contribution in [2.45, 2.75) is 31.8 Å². The van der Waals surface area contributed by atoms with Gasteiger partial charge in [-0.15, -0.1) is 0 Å². The minimum Gasteiger partial charge on any atom is -0.395 e. The number of rotatable bonds is 4. The van der Waals surface area contributed by atoms with E-state index in [1.807, 2.05) is 0 Å². The van der Waals surface area contributed by atoms with E-state index >= 15 is 0 Å². The molecule has 3 nitrogen and oxygen atoms in total. The molecule has 0 bridgehead atoms. The van der Waals surface area contributed by atoms with Gasteiger partial charge < -0.3 is 10.4 Å². The van der Waals surface area contributed by atoms with Crippen molar-refractivity contribution in [3.8, 4) is 0 Å². The van der Waals surface area contributed by atoms with Gasteiger partial charge in [0.05, 0.1) is 6.61 Å². The molecule has 0 radical (unpaired) electrons. The average Bonchev–Trinajstić information content (AvgIpc) is 2.92. The Morgan fingerprint density at radius 2 is 2.21 bits per heavy atom. The smallest absolute Gasteiger partial charge is 0.0586 e. The molecule has 2 N–H and O–H groups in total. The Hall–Kier alpha value is -1.32. The number of nitrogens with one attached hydrogen (secondary N) is 1. The molecule has 19 heavy (non-hydrogen) atoms. The van der Waals surface area contributed by atoms with Crippen LogP contribution in [0.3, 0.4) is 0 Å². The Kier molecular flexibility index (Phi) is 3.85. The van der Waals surface area contributed by atoms with Gasteiger partial charge in [0.25, 0.3) is 0 Å². The molecule has 1 saturated heterocycles. The monoisotopic (exact) mass is 258 g/mol.